The normalized spacial score (nSPS) is 10.9. The fourth-order valence-electron chi connectivity index (χ4n) is 3.25. The molecule has 0 aliphatic rings. The van der Waals surface area contributed by atoms with Crippen LogP contribution in [0.25, 0.3) is 5.69 Å². The number of nitrogens with zero attached hydrogens (tertiary/aromatic N) is 4. The Hall–Kier alpha value is -3.23. The van der Waals surface area contributed by atoms with Crippen LogP contribution in [0.1, 0.15) is 21.6 Å². The number of imidazole rings is 1. The van der Waals surface area contributed by atoms with Crippen molar-refractivity contribution in [1.29, 1.82) is 0 Å². The number of carbonyl (C=O) groups is 1. The number of carbonyl (C=O) groups excluding carboxylic acids is 1. The Labute approximate surface area is 199 Å². The molecule has 0 spiro atoms. The molecule has 0 N–H and O–H groups in total. The number of halogens is 3. The molecule has 2 heterocycles. The van der Waals surface area contributed by atoms with Gasteiger partial charge in [-0.05, 0) is 65.7 Å². The average molecular weight is 485 g/mol. The highest BCUT2D eigenvalue weighted by Crippen LogP contribution is 2.30. The van der Waals surface area contributed by atoms with Crippen LogP contribution < -0.4 is 0 Å². The molecule has 0 aliphatic carbocycles. The third kappa shape index (κ3) is 5.40. The second-order valence-corrected chi connectivity index (χ2v) is 8.63. The second kappa shape index (κ2) is 10.1. The molecule has 5 nitrogen and oxygen atoms in total. The molecule has 2 aromatic carbocycles. The van der Waals surface area contributed by atoms with Crippen LogP contribution in [0.2, 0.25) is 5.02 Å². The van der Waals surface area contributed by atoms with Crippen LogP contribution in [0.4, 0.5) is 8.78 Å². The minimum Gasteiger partial charge on any atom is -0.336 e. The zero-order valence-electron chi connectivity index (χ0n) is 17.6. The van der Waals surface area contributed by atoms with Crippen LogP contribution >= 0.6 is 23.4 Å². The zero-order valence-corrected chi connectivity index (χ0v) is 19.2. The van der Waals surface area contributed by atoms with Gasteiger partial charge in [0, 0.05) is 42.4 Å². The van der Waals surface area contributed by atoms with E-state index in [1.54, 1.807) is 41.0 Å². The van der Waals surface area contributed by atoms with Crippen molar-refractivity contribution in [3.63, 3.8) is 0 Å². The largest absolute Gasteiger partial charge is 0.336 e. The number of amides is 1. The number of benzene rings is 2. The van der Waals surface area contributed by atoms with E-state index >= 15 is 0 Å². The predicted molar refractivity (Wildman–Crippen MR) is 125 cm³/mol. The SMILES string of the molecule is CN(Cc1ccncc1)C(=O)c1cnc(SCc2cc(F)ccc2Cl)n1-c1ccc(F)cc1. The molecular formula is C24H19ClF2N4OS. The fourth-order valence-corrected chi connectivity index (χ4v) is 4.50. The molecule has 0 bridgehead atoms. The summed E-state index contributed by atoms with van der Waals surface area (Å²) in [6.07, 6.45) is 4.83. The molecule has 0 aliphatic heterocycles. The van der Waals surface area contributed by atoms with Gasteiger partial charge in [-0.2, -0.15) is 0 Å². The topological polar surface area (TPSA) is 51.0 Å². The van der Waals surface area contributed by atoms with Crippen LogP contribution in [-0.2, 0) is 12.3 Å². The smallest absolute Gasteiger partial charge is 0.272 e. The molecule has 4 aromatic rings. The van der Waals surface area contributed by atoms with Gasteiger partial charge in [0.15, 0.2) is 5.16 Å². The Morgan fingerprint density at radius 1 is 1.06 bits per heavy atom. The molecule has 4 rings (SSSR count). The van der Waals surface area contributed by atoms with Crippen LogP contribution in [0, 0.1) is 11.6 Å². The molecule has 168 valence electrons. The average Bonchev–Trinajstić information content (AvgIpc) is 3.24. The highest BCUT2D eigenvalue weighted by Gasteiger charge is 2.22. The van der Waals surface area contributed by atoms with Crippen LogP contribution in [0.15, 0.2) is 78.3 Å². The number of hydrogen-bond acceptors (Lipinski definition) is 4. The molecular weight excluding hydrogens is 466 g/mol. The summed E-state index contributed by atoms with van der Waals surface area (Å²) in [5, 5.41) is 0.944. The summed E-state index contributed by atoms with van der Waals surface area (Å²) in [6.45, 7) is 0.386. The Morgan fingerprint density at radius 2 is 1.76 bits per heavy atom. The maximum absolute atomic E-state index is 13.7. The highest BCUT2D eigenvalue weighted by molar-refractivity contribution is 7.98. The van der Waals surface area contributed by atoms with E-state index in [2.05, 4.69) is 9.97 Å². The second-order valence-electron chi connectivity index (χ2n) is 7.28. The first-order chi connectivity index (χ1) is 15.9. The van der Waals surface area contributed by atoms with Gasteiger partial charge in [-0.25, -0.2) is 13.8 Å². The van der Waals surface area contributed by atoms with Gasteiger partial charge in [0.1, 0.15) is 17.3 Å². The van der Waals surface area contributed by atoms with Crippen molar-refractivity contribution in [2.45, 2.75) is 17.5 Å². The molecule has 0 unspecified atom stereocenters. The summed E-state index contributed by atoms with van der Waals surface area (Å²) in [4.78, 5) is 23.3. The van der Waals surface area contributed by atoms with Crippen molar-refractivity contribution >= 4 is 29.3 Å². The predicted octanol–water partition coefficient (Wildman–Crippen LogP) is 5.76. The van der Waals surface area contributed by atoms with Crippen molar-refractivity contribution in [1.82, 2.24) is 19.4 Å². The van der Waals surface area contributed by atoms with E-state index in [0.717, 1.165) is 5.56 Å². The number of rotatable bonds is 7. The van der Waals surface area contributed by atoms with E-state index in [1.807, 2.05) is 12.1 Å². The minimum absolute atomic E-state index is 0.251. The molecule has 0 radical (unpaired) electrons. The van der Waals surface area contributed by atoms with Gasteiger partial charge in [-0.15, -0.1) is 0 Å². The number of pyridine rings is 1. The third-order valence-corrected chi connectivity index (χ3v) is 6.28. The summed E-state index contributed by atoms with van der Waals surface area (Å²) >= 11 is 7.50. The number of hydrogen-bond donors (Lipinski definition) is 0. The summed E-state index contributed by atoms with van der Waals surface area (Å²) in [7, 11) is 1.70. The van der Waals surface area contributed by atoms with E-state index in [0.29, 0.717) is 39.4 Å². The quantitative estimate of drug-likeness (QED) is 0.313. The van der Waals surface area contributed by atoms with Crippen molar-refractivity contribution in [2.75, 3.05) is 7.05 Å². The van der Waals surface area contributed by atoms with Crippen molar-refractivity contribution in [2.24, 2.45) is 0 Å². The van der Waals surface area contributed by atoms with Crippen molar-refractivity contribution in [3.8, 4) is 5.69 Å². The van der Waals surface area contributed by atoms with Crippen molar-refractivity contribution < 1.29 is 13.6 Å². The fraction of sp³-hybridized carbons (Fsp3) is 0.125. The zero-order chi connectivity index (χ0) is 23.4. The van der Waals surface area contributed by atoms with Gasteiger partial charge in [0.2, 0.25) is 0 Å². The van der Waals surface area contributed by atoms with Crippen LogP contribution in [0.5, 0.6) is 0 Å². The standard InChI is InChI=1S/C24H19ClF2N4OS/c1-30(14-16-8-10-28-11-9-16)23(32)22-13-29-24(31(22)20-5-2-18(26)3-6-20)33-15-17-12-19(27)4-7-21(17)25/h2-13H,14-15H2,1H3. The first kappa shape index (κ1) is 22.9. The molecule has 0 saturated heterocycles. The van der Waals surface area contributed by atoms with Gasteiger partial charge in [0.25, 0.3) is 5.91 Å². The van der Waals surface area contributed by atoms with Crippen molar-refractivity contribution in [3.05, 3.63) is 107 Å². The lowest BCUT2D eigenvalue weighted by atomic mass is 10.2. The number of aromatic nitrogens is 3. The Balaban J connectivity index is 1.65. The van der Waals surface area contributed by atoms with E-state index in [4.69, 9.17) is 11.6 Å². The molecule has 9 heteroatoms. The third-order valence-electron chi connectivity index (χ3n) is 4.91. The molecule has 33 heavy (non-hydrogen) atoms. The lowest BCUT2D eigenvalue weighted by Crippen LogP contribution is -2.28. The van der Waals surface area contributed by atoms with Gasteiger partial charge in [0.05, 0.1) is 6.20 Å². The van der Waals surface area contributed by atoms with Crippen LogP contribution in [-0.4, -0.2) is 32.4 Å². The monoisotopic (exact) mass is 484 g/mol. The van der Waals surface area contributed by atoms with Gasteiger partial charge in [-0.3, -0.25) is 14.3 Å². The van der Waals surface area contributed by atoms with Gasteiger partial charge < -0.3 is 4.90 Å². The minimum atomic E-state index is -0.387. The summed E-state index contributed by atoms with van der Waals surface area (Å²) in [5.74, 6) is -0.679. The van der Waals surface area contributed by atoms with E-state index < -0.39 is 0 Å². The van der Waals surface area contributed by atoms with Crippen LogP contribution in [0.3, 0.4) is 0 Å². The lowest BCUT2D eigenvalue weighted by molar-refractivity contribution is 0.0776. The summed E-state index contributed by atoms with van der Waals surface area (Å²) in [6, 6.07) is 13.6. The first-order valence-electron chi connectivity index (χ1n) is 9.97. The van der Waals surface area contributed by atoms with E-state index in [1.165, 1.54) is 48.3 Å². The maximum atomic E-state index is 13.7. The molecule has 2 aromatic heterocycles. The molecule has 0 fully saturated rings. The maximum Gasteiger partial charge on any atom is 0.272 e. The van der Waals surface area contributed by atoms with E-state index in [-0.39, 0.29) is 17.5 Å². The highest BCUT2D eigenvalue weighted by atomic mass is 35.5. The van der Waals surface area contributed by atoms with Gasteiger partial charge in [-0.1, -0.05) is 23.4 Å². The van der Waals surface area contributed by atoms with Gasteiger partial charge >= 0.3 is 0 Å². The lowest BCUT2D eigenvalue weighted by Gasteiger charge is -2.19. The Kier molecular flexibility index (Phi) is 7.05. The Bertz CT molecular complexity index is 1270. The molecule has 0 saturated carbocycles. The first-order valence-corrected chi connectivity index (χ1v) is 11.3. The molecule has 0 atom stereocenters. The Morgan fingerprint density at radius 3 is 2.48 bits per heavy atom. The number of thioether (sulfide) groups is 1. The summed E-state index contributed by atoms with van der Waals surface area (Å²) in [5.41, 5.74) is 2.45. The van der Waals surface area contributed by atoms with E-state index in [9.17, 15) is 13.6 Å². The molecule has 1 amide bonds. The summed E-state index contributed by atoms with van der Waals surface area (Å²) < 4.78 is 28.9.